The van der Waals surface area contributed by atoms with Gasteiger partial charge in [-0.2, -0.15) is 5.10 Å². The lowest BCUT2D eigenvalue weighted by Gasteiger charge is -2.14. The largest absolute Gasteiger partial charge is 0.462 e. The predicted octanol–water partition coefficient (Wildman–Crippen LogP) is 2.40. The van der Waals surface area contributed by atoms with Gasteiger partial charge >= 0.3 is 0 Å². The van der Waals surface area contributed by atoms with Gasteiger partial charge in [0.25, 0.3) is 5.91 Å². The lowest BCUT2D eigenvalue weighted by molar-refractivity contribution is 0.0780. The molecular weight excluding hydrogens is 276 g/mol. The van der Waals surface area contributed by atoms with Gasteiger partial charge in [0.15, 0.2) is 10.8 Å². The van der Waals surface area contributed by atoms with Crippen molar-refractivity contribution in [2.45, 2.75) is 6.54 Å². The SMILES string of the molecule is CN(Cc1cn[nH]c1)C(=O)c1csc(-c2ccco2)n1. The van der Waals surface area contributed by atoms with Crippen LogP contribution in [0.25, 0.3) is 10.8 Å². The van der Waals surface area contributed by atoms with Crippen LogP contribution in [0.2, 0.25) is 0 Å². The minimum atomic E-state index is -0.125. The summed E-state index contributed by atoms with van der Waals surface area (Å²) in [5.74, 6) is 0.548. The number of carbonyl (C=O) groups is 1. The molecule has 0 saturated carbocycles. The van der Waals surface area contributed by atoms with Crippen molar-refractivity contribution in [3.63, 3.8) is 0 Å². The Morgan fingerprint density at radius 2 is 2.45 bits per heavy atom. The van der Waals surface area contributed by atoms with Crippen LogP contribution in [-0.4, -0.2) is 33.0 Å². The summed E-state index contributed by atoms with van der Waals surface area (Å²) in [7, 11) is 1.74. The third-order valence-corrected chi connectivity index (χ3v) is 3.63. The van der Waals surface area contributed by atoms with Gasteiger partial charge in [-0.3, -0.25) is 9.89 Å². The van der Waals surface area contributed by atoms with Crippen molar-refractivity contribution in [3.05, 3.63) is 47.4 Å². The second-order valence-corrected chi connectivity index (χ2v) is 5.14. The summed E-state index contributed by atoms with van der Waals surface area (Å²) < 4.78 is 5.27. The molecule has 0 bridgehead atoms. The highest BCUT2D eigenvalue weighted by molar-refractivity contribution is 7.13. The maximum Gasteiger partial charge on any atom is 0.273 e. The Hall–Kier alpha value is -2.41. The van der Waals surface area contributed by atoms with Crippen LogP contribution in [0.3, 0.4) is 0 Å². The summed E-state index contributed by atoms with van der Waals surface area (Å²) in [6, 6.07) is 3.62. The van der Waals surface area contributed by atoms with Gasteiger partial charge in [0.05, 0.1) is 12.5 Å². The summed E-state index contributed by atoms with van der Waals surface area (Å²) in [5, 5.41) is 9.02. The number of hydrogen-bond donors (Lipinski definition) is 1. The van der Waals surface area contributed by atoms with E-state index in [0.717, 1.165) is 5.56 Å². The first-order valence-electron chi connectivity index (χ1n) is 5.96. The monoisotopic (exact) mass is 288 g/mol. The average Bonchev–Trinajstić information content (AvgIpc) is 3.18. The molecule has 0 saturated heterocycles. The molecule has 20 heavy (non-hydrogen) atoms. The van der Waals surface area contributed by atoms with Crippen molar-refractivity contribution in [1.29, 1.82) is 0 Å². The van der Waals surface area contributed by atoms with E-state index in [4.69, 9.17) is 4.42 Å². The highest BCUT2D eigenvalue weighted by atomic mass is 32.1. The lowest BCUT2D eigenvalue weighted by atomic mass is 10.3. The third-order valence-electron chi connectivity index (χ3n) is 2.78. The molecule has 0 atom stereocenters. The molecule has 3 aromatic rings. The number of H-pyrrole nitrogens is 1. The van der Waals surface area contributed by atoms with E-state index in [0.29, 0.717) is 23.0 Å². The van der Waals surface area contributed by atoms with E-state index >= 15 is 0 Å². The zero-order chi connectivity index (χ0) is 13.9. The fourth-order valence-corrected chi connectivity index (χ4v) is 2.55. The number of hydrogen-bond acceptors (Lipinski definition) is 5. The van der Waals surface area contributed by atoms with Gasteiger partial charge < -0.3 is 9.32 Å². The number of nitrogens with one attached hydrogen (secondary N) is 1. The van der Waals surface area contributed by atoms with E-state index in [1.54, 1.807) is 42.1 Å². The molecule has 0 fully saturated rings. The predicted molar refractivity (Wildman–Crippen MR) is 74.2 cm³/mol. The number of carbonyl (C=O) groups excluding carboxylic acids is 1. The zero-order valence-electron chi connectivity index (χ0n) is 10.7. The van der Waals surface area contributed by atoms with Gasteiger partial charge in [-0.1, -0.05) is 0 Å². The molecule has 102 valence electrons. The quantitative estimate of drug-likeness (QED) is 0.800. The van der Waals surface area contributed by atoms with Crippen LogP contribution in [0.5, 0.6) is 0 Å². The Balaban J connectivity index is 1.74. The molecule has 1 N–H and O–H groups in total. The van der Waals surface area contributed by atoms with Crippen molar-refractivity contribution in [1.82, 2.24) is 20.1 Å². The second-order valence-electron chi connectivity index (χ2n) is 4.28. The highest BCUT2D eigenvalue weighted by Gasteiger charge is 2.17. The lowest BCUT2D eigenvalue weighted by Crippen LogP contribution is -2.26. The standard InChI is InChI=1S/C13H12N4O2S/c1-17(7-9-5-14-15-6-9)13(18)10-8-20-12(16-10)11-3-2-4-19-11/h2-6,8H,7H2,1H3,(H,14,15). The summed E-state index contributed by atoms with van der Waals surface area (Å²) in [5.41, 5.74) is 1.37. The van der Waals surface area contributed by atoms with Crippen LogP contribution in [0.4, 0.5) is 0 Å². The molecule has 3 aromatic heterocycles. The van der Waals surface area contributed by atoms with Crippen LogP contribution in [0.15, 0.2) is 40.6 Å². The first-order chi connectivity index (χ1) is 9.74. The van der Waals surface area contributed by atoms with Crippen molar-refractivity contribution < 1.29 is 9.21 Å². The maximum absolute atomic E-state index is 12.3. The Kier molecular flexibility index (Phi) is 3.34. The molecule has 0 unspecified atom stereocenters. The summed E-state index contributed by atoms with van der Waals surface area (Å²) >= 11 is 1.39. The van der Waals surface area contributed by atoms with Gasteiger partial charge in [0, 0.05) is 30.7 Å². The first kappa shape index (κ1) is 12.6. The Morgan fingerprint density at radius 1 is 1.55 bits per heavy atom. The fraction of sp³-hybridized carbons (Fsp3) is 0.154. The van der Waals surface area contributed by atoms with Crippen molar-refractivity contribution in [2.24, 2.45) is 0 Å². The van der Waals surface area contributed by atoms with Crippen LogP contribution in [0.1, 0.15) is 16.1 Å². The molecule has 6 nitrogen and oxygen atoms in total. The molecule has 3 rings (SSSR count). The van der Waals surface area contributed by atoms with Crippen molar-refractivity contribution >= 4 is 17.2 Å². The van der Waals surface area contributed by atoms with E-state index in [1.165, 1.54) is 11.3 Å². The molecule has 7 heteroatoms. The van der Waals surface area contributed by atoms with Crippen molar-refractivity contribution in [2.75, 3.05) is 7.05 Å². The zero-order valence-corrected chi connectivity index (χ0v) is 11.6. The third kappa shape index (κ3) is 2.48. The number of aromatic nitrogens is 3. The number of thiazole rings is 1. The molecule has 0 radical (unpaired) electrons. The van der Waals surface area contributed by atoms with Crippen LogP contribution < -0.4 is 0 Å². The number of aromatic amines is 1. The van der Waals surface area contributed by atoms with Crippen molar-refractivity contribution in [3.8, 4) is 10.8 Å². The summed E-state index contributed by atoms with van der Waals surface area (Å²) in [4.78, 5) is 18.2. The van der Waals surface area contributed by atoms with E-state index in [1.807, 2.05) is 6.07 Å². The van der Waals surface area contributed by atoms with Gasteiger partial charge in [-0.15, -0.1) is 11.3 Å². The Bertz CT molecular complexity index is 688. The van der Waals surface area contributed by atoms with Crippen LogP contribution in [0, 0.1) is 0 Å². The Labute approximate surface area is 119 Å². The van der Waals surface area contributed by atoms with E-state index in [9.17, 15) is 4.79 Å². The van der Waals surface area contributed by atoms with E-state index in [2.05, 4.69) is 15.2 Å². The van der Waals surface area contributed by atoms with Gasteiger partial charge in [0.2, 0.25) is 0 Å². The van der Waals surface area contributed by atoms with Gasteiger partial charge in [-0.05, 0) is 12.1 Å². The van der Waals surface area contributed by atoms with Crippen LogP contribution >= 0.6 is 11.3 Å². The maximum atomic E-state index is 12.3. The molecule has 0 aliphatic carbocycles. The fourth-order valence-electron chi connectivity index (χ4n) is 1.79. The number of nitrogens with zero attached hydrogens (tertiary/aromatic N) is 3. The average molecular weight is 288 g/mol. The van der Waals surface area contributed by atoms with Gasteiger partial charge in [-0.25, -0.2) is 4.98 Å². The molecule has 3 heterocycles. The normalized spacial score (nSPS) is 10.7. The van der Waals surface area contributed by atoms with Gasteiger partial charge in [0.1, 0.15) is 5.69 Å². The molecule has 1 amide bonds. The minimum Gasteiger partial charge on any atom is -0.462 e. The first-order valence-corrected chi connectivity index (χ1v) is 6.84. The molecule has 0 aliphatic rings. The molecular formula is C13H12N4O2S. The van der Waals surface area contributed by atoms with E-state index < -0.39 is 0 Å². The molecule has 0 spiro atoms. The molecule has 0 aromatic carbocycles. The summed E-state index contributed by atoms with van der Waals surface area (Å²) in [6.07, 6.45) is 5.04. The smallest absolute Gasteiger partial charge is 0.273 e. The topological polar surface area (TPSA) is 75.0 Å². The Morgan fingerprint density at radius 3 is 3.15 bits per heavy atom. The number of rotatable bonds is 4. The van der Waals surface area contributed by atoms with E-state index in [-0.39, 0.29) is 5.91 Å². The second kappa shape index (κ2) is 5.30. The highest BCUT2D eigenvalue weighted by Crippen LogP contribution is 2.24. The summed E-state index contributed by atoms with van der Waals surface area (Å²) in [6.45, 7) is 0.489. The number of amides is 1. The minimum absolute atomic E-state index is 0.125. The molecule has 0 aliphatic heterocycles. The van der Waals surface area contributed by atoms with Crippen LogP contribution in [-0.2, 0) is 6.54 Å². The number of furan rings is 1.